The van der Waals surface area contributed by atoms with E-state index in [1.807, 2.05) is 31.2 Å². The molecule has 0 saturated heterocycles. The number of nitrogens with two attached hydrogens (primary N) is 1. The molecule has 0 bridgehead atoms. The van der Waals surface area contributed by atoms with Gasteiger partial charge in [0.15, 0.2) is 5.82 Å². The zero-order valence-electron chi connectivity index (χ0n) is 9.69. The summed E-state index contributed by atoms with van der Waals surface area (Å²) in [5.74, 6) is 0.736. The molecule has 0 fully saturated rings. The quantitative estimate of drug-likeness (QED) is 0.903. The molecule has 0 spiro atoms. The Bertz CT molecular complexity index is 562. The number of nitrogens with one attached hydrogen (secondary N) is 1. The van der Waals surface area contributed by atoms with E-state index in [1.165, 1.54) is 6.20 Å². The van der Waals surface area contributed by atoms with E-state index in [0.717, 1.165) is 10.0 Å². The lowest BCUT2D eigenvalue weighted by atomic mass is 10.1. The number of nitrogen functional groups attached to an aromatic ring is 1. The SMILES string of the molecule is CC(Nc1nc(N)ncc1Cl)c1cccc(Br)c1. The van der Waals surface area contributed by atoms with Crippen molar-refractivity contribution in [3.63, 3.8) is 0 Å². The van der Waals surface area contributed by atoms with Crippen LogP contribution in [0.5, 0.6) is 0 Å². The molecule has 0 aliphatic heterocycles. The van der Waals surface area contributed by atoms with Crippen LogP contribution in [0, 0.1) is 0 Å². The Morgan fingerprint density at radius 3 is 2.94 bits per heavy atom. The summed E-state index contributed by atoms with van der Waals surface area (Å²) in [7, 11) is 0. The summed E-state index contributed by atoms with van der Waals surface area (Å²) < 4.78 is 1.03. The van der Waals surface area contributed by atoms with Crippen molar-refractivity contribution >= 4 is 39.3 Å². The second-order valence-electron chi connectivity index (χ2n) is 3.85. The van der Waals surface area contributed by atoms with Crippen molar-refractivity contribution in [2.75, 3.05) is 11.1 Å². The van der Waals surface area contributed by atoms with Crippen LogP contribution < -0.4 is 11.1 Å². The second kappa shape index (κ2) is 5.54. The molecule has 2 aromatic rings. The molecule has 1 heterocycles. The maximum Gasteiger partial charge on any atom is 0.222 e. The van der Waals surface area contributed by atoms with Crippen LogP contribution in [0.2, 0.25) is 5.02 Å². The minimum absolute atomic E-state index is 0.0642. The first-order chi connectivity index (χ1) is 8.56. The Morgan fingerprint density at radius 2 is 2.22 bits per heavy atom. The van der Waals surface area contributed by atoms with E-state index in [1.54, 1.807) is 0 Å². The molecule has 18 heavy (non-hydrogen) atoms. The predicted octanol–water partition coefficient (Wildman–Crippen LogP) is 3.65. The summed E-state index contributed by atoms with van der Waals surface area (Å²) in [6.45, 7) is 2.02. The Morgan fingerprint density at radius 1 is 1.44 bits per heavy atom. The molecule has 4 nitrogen and oxygen atoms in total. The van der Waals surface area contributed by atoms with Gasteiger partial charge < -0.3 is 11.1 Å². The molecule has 94 valence electrons. The molecular formula is C12H12BrClN4. The van der Waals surface area contributed by atoms with Gasteiger partial charge in [0, 0.05) is 4.47 Å². The highest BCUT2D eigenvalue weighted by molar-refractivity contribution is 9.10. The Labute approximate surface area is 119 Å². The van der Waals surface area contributed by atoms with Crippen molar-refractivity contribution in [2.24, 2.45) is 0 Å². The molecule has 0 aliphatic carbocycles. The maximum absolute atomic E-state index is 6.01. The van der Waals surface area contributed by atoms with Crippen LogP contribution in [0.4, 0.5) is 11.8 Å². The van der Waals surface area contributed by atoms with E-state index in [4.69, 9.17) is 17.3 Å². The van der Waals surface area contributed by atoms with E-state index in [0.29, 0.717) is 10.8 Å². The third kappa shape index (κ3) is 3.11. The first-order valence-corrected chi connectivity index (χ1v) is 6.53. The van der Waals surface area contributed by atoms with Crippen LogP contribution in [-0.2, 0) is 0 Å². The fourth-order valence-electron chi connectivity index (χ4n) is 1.55. The molecule has 1 unspecified atom stereocenters. The Hall–Kier alpha value is -1.33. The predicted molar refractivity (Wildman–Crippen MR) is 77.6 cm³/mol. The van der Waals surface area contributed by atoms with Crippen LogP contribution in [-0.4, -0.2) is 9.97 Å². The number of rotatable bonds is 3. The monoisotopic (exact) mass is 326 g/mol. The third-order valence-electron chi connectivity index (χ3n) is 2.46. The summed E-state index contributed by atoms with van der Waals surface area (Å²) in [5.41, 5.74) is 6.66. The Kier molecular flexibility index (Phi) is 4.04. The summed E-state index contributed by atoms with van der Waals surface area (Å²) in [4.78, 5) is 7.89. The average molecular weight is 328 g/mol. The standard InChI is InChI=1S/C12H12BrClN4/c1-7(8-3-2-4-9(13)5-8)17-11-10(14)6-16-12(15)18-11/h2-7H,1H3,(H3,15,16,17,18). The van der Waals surface area contributed by atoms with Gasteiger partial charge in [-0.15, -0.1) is 0 Å². The van der Waals surface area contributed by atoms with Crippen molar-refractivity contribution in [1.82, 2.24) is 9.97 Å². The van der Waals surface area contributed by atoms with Crippen molar-refractivity contribution in [3.05, 3.63) is 45.5 Å². The summed E-state index contributed by atoms with van der Waals surface area (Å²) in [6, 6.07) is 8.09. The highest BCUT2D eigenvalue weighted by Gasteiger charge is 2.10. The second-order valence-corrected chi connectivity index (χ2v) is 5.17. The maximum atomic E-state index is 6.01. The van der Waals surface area contributed by atoms with Gasteiger partial charge in [-0.3, -0.25) is 0 Å². The highest BCUT2D eigenvalue weighted by atomic mass is 79.9. The molecule has 1 atom stereocenters. The van der Waals surface area contributed by atoms with Gasteiger partial charge in [0.2, 0.25) is 5.95 Å². The fraction of sp³-hybridized carbons (Fsp3) is 0.167. The number of halogens is 2. The van der Waals surface area contributed by atoms with Gasteiger partial charge in [0.25, 0.3) is 0 Å². The van der Waals surface area contributed by atoms with E-state index in [9.17, 15) is 0 Å². The number of nitrogens with zero attached hydrogens (tertiary/aromatic N) is 2. The van der Waals surface area contributed by atoms with E-state index in [-0.39, 0.29) is 12.0 Å². The van der Waals surface area contributed by atoms with Crippen LogP contribution in [0.3, 0.4) is 0 Å². The highest BCUT2D eigenvalue weighted by Crippen LogP contribution is 2.25. The van der Waals surface area contributed by atoms with E-state index >= 15 is 0 Å². The lowest BCUT2D eigenvalue weighted by Crippen LogP contribution is -2.09. The number of benzene rings is 1. The molecule has 3 N–H and O–H groups in total. The van der Waals surface area contributed by atoms with Crippen molar-refractivity contribution < 1.29 is 0 Å². The lowest BCUT2D eigenvalue weighted by molar-refractivity contribution is 0.872. The van der Waals surface area contributed by atoms with E-state index in [2.05, 4.69) is 31.2 Å². The summed E-state index contributed by atoms with van der Waals surface area (Å²) in [6.07, 6.45) is 1.49. The molecule has 6 heteroatoms. The van der Waals surface area contributed by atoms with Gasteiger partial charge in [-0.25, -0.2) is 4.98 Å². The zero-order valence-corrected chi connectivity index (χ0v) is 12.0. The first-order valence-electron chi connectivity index (χ1n) is 5.36. The molecule has 1 aromatic carbocycles. The lowest BCUT2D eigenvalue weighted by Gasteiger charge is -2.16. The fourth-order valence-corrected chi connectivity index (χ4v) is 2.11. The zero-order chi connectivity index (χ0) is 13.1. The smallest absolute Gasteiger partial charge is 0.222 e. The van der Waals surface area contributed by atoms with Gasteiger partial charge in [-0.2, -0.15) is 4.98 Å². The number of hydrogen-bond acceptors (Lipinski definition) is 4. The van der Waals surface area contributed by atoms with E-state index < -0.39 is 0 Å². The summed E-state index contributed by atoms with van der Waals surface area (Å²) in [5, 5.41) is 3.66. The molecule has 2 rings (SSSR count). The van der Waals surface area contributed by atoms with Crippen molar-refractivity contribution in [1.29, 1.82) is 0 Å². The topological polar surface area (TPSA) is 63.8 Å². The molecular weight excluding hydrogens is 316 g/mol. The van der Waals surface area contributed by atoms with Crippen molar-refractivity contribution in [2.45, 2.75) is 13.0 Å². The van der Waals surface area contributed by atoms with Gasteiger partial charge in [-0.1, -0.05) is 39.7 Å². The van der Waals surface area contributed by atoms with Crippen LogP contribution in [0.15, 0.2) is 34.9 Å². The van der Waals surface area contributed by atoms with Crippen LogP contribution in [0.1, 0.15) is 18.5 Å². The largest absolute Gasteiger partial charge is 0.368 e. The minimum Gasteiger partial charge on any atom is -0.368 e. The van der Waals surface area contributed by atoms with Gasteiger partial charge in [0.1, 0.15) is 5.02 Å². The minimum atomic E-state index is 0.0642. The van der Waals surface area contributed by atoms with Gasteiger partial charge >= 0.3 is 0 Å². The van der Waals surface area contributed by atoms with Crippen LogP contribution in [0.25, 0.3) is 0 Å². The average Bonchev–Trinajstić information content (AvgIpc) is 2.34. The molecule has 0 radical (unpaired) electrons. The van der Waals surface area contributed by atoms with Gasteiger partial charge in [-0.05, 0) is 24.6 Å². The number of aromatic nitrogens is 2. The molecule has 0 amide bonds. The third-order valence-corrected chi connectivity index (χ3v) is 3.23. The Balaban J connectivity index is 2.21. The van der Waals surface area contributed by atoms with Gasteiger partial charge in [0.05, 0.1) is 12.2 Å². The number of anilines is 2. The van der Waals surface area contributed by atoms with Crippen LogP contribution >= 0.6 is 27.5 Å². The normalized spacial score (nSPS) is 12.2. The number of hydrogen-bond donors (Lipinski definition) is 2. The molecule has 0 saturated carbocycles. The summed E-state index contributed by atoms with van der Waals surface area (Å²) >= 11 is 9.45. The molecule has 1 aromatic heterocycles. The first kappa shape index (κ1) is 13.1. The molecule has 0 aliphatic rings. The van der Waals surface area contributed by atoms with Crippen molar-refractivity contribution in [3.8, 4) is 0 Å².